The summed E-state index contributed by atoms with van der Waals surface area (Å²) >= 11 is 6.13. The zero-order chi connectivity index (χ0) is 24.8. The van der Waals surface area contributed by atoms with Gasteiger partial charge in [-0.05, 0) is 49.8 Å². The van der Waals surface area contributed by atoms with Crippen molar-refractivity contribution in [3.8, 4) is 11.8 Å². The van der Waals surface area contributed by atoms with E-state index in [1.807, 2.05) is 13.8 Å². The average molecular weight is 486 g/mol. The minimum Gasteiger partial charge on any atom is -0.496 e. The van der Waals surface area contributed by atoms with E-state index in [-0.39, 0.29) is 35.7 Å². The molecule has 0 bridgehead atoms. The standard InChI is InChI=1S/C26H32ClN3O4/c1-15(2)8-17(26(33)29-19(14-28)9-16-6-4-5-7-23(16)31)10-24(32)22-13-20-21(30-22)11-18(27)12-25(20)34-3/h11-13,15-17,19,30H,4-10H2,1-3H3,(H,29,33)/t16-,17+,19-/m0/s1. The van der Waals surface area contributed by atoms with Crippen molar-refractivity contribution < 1.29 is 19.1 Å². The number of Topliss-reactive ketones (excluding diaryl/α,β-unsaturated/α-hetero) is 2. The van der Waals surface area contributed by atoms with Crippen LogP contribution in [0.15, 0.2) is 18.2 Å². The summed E-state index contributed by atoms with van der Waals surface area (Å²) in [6, 6.07) is 6.50. The van der Waals surface area contributed by atoms with Gasteiger partial charge in [-0.25, -0.2) is 0 Å². The highest BCUT2D eigenvalue weighted by atomic mass is 35.5. The lowest BCUT2D eigenvalue weighted by Gasteiger charge is -2.24. The number of aromatic nitrogens is 1. The van der Waals surface area contributed by atoms with Crippen LogP contribution in [0.2, 0.25) is 5.02 Å². The highest BCUT2D eigenvalue weighted by molar-refractivity contribution is 6.31. The number of hydrogen-bond acceptors (Lipinski definition) is 5. The number of aromatic amines is 1. The first-order valence-electron chi connectivity index (χ1n) is 11.8. The van der Waals surface area contributed by atoms with Crippen molar-refractivity contribution in [2.75, 3.05) is 7.11 Å². The van der Waals surface area contributed by atoms with Gasteiger partial charge >= 0.3 is 0 Å². The van der Waals surface area contributed by atoms with Gasteiger partial charge in [-0.3, -0.25) is 14.4 Å². The van der Waals surface area contributed by atoms with E-state index >= 15 is 0 Å². The molecule has 0 aliphatic heterocycles. The van der Waals surface area contributed by atoms with Crippen LogP contribution in [0, 0.1) is 29.1 Å². The van der Waals surface area contributed by atoms with Crippen LogP contribution in [0.25, 0.3) is 10.9 Å². The van der Waals surface area contributed by atoms with Crippen molar-refractivity contribution in [3.05, 3.63) is 28.9 Å². The number of rotatable bonds is 10. The molecule has 1 saturated carbocycles. The summed E-state index contributed by atoms with van der Waals surface area (Å²) in [6.07, 6.45) is 4.00. The number of ketones is 2. The number of nitrogens with zero attached hydrogens (tertiary/aromatic N) is 1. The van der Waals surface area contributed by atoms with Crippen molar-refractivity contribution in [1.82, 2.24) is 10.3 Å². The molecule has 1 amide bonds. The van der Waals surface area contributed by atoms with Gasteiger partial charge in [0, 0.05) is 35.1 Å². The van der Waals surface area contributed by atoms with Crippen molar-refractivity contribution >= 4 is 40.0 Å². The average Bonchev–Trinajstić information content (AvgIpc) is 3.22. The van der Waals surface area contributed by atoms with Gasteiger partial charge in [-0.1, -0.05) is 31.9 Å². The third kappa shape index (κ3) is 6.38. The summed E-state index contributed by atoms with van der Waals surface area (Å²) in [7, 11) is 1.54. The zero-order valence-electron chi connectivity index (χ0n) is 19.9. The number of ether oxygens (including phenoxy) is 1. The van der Waals surface area contributed by atoms with Crippen LogP contribution in [-0.4, -0.2) is 35.6 Å². The Kier molecular flexibility index (Phi) is 8.73. The van der Waals surface area contributed by atoms with Gasteiger partial charge in [0.25, 0.3) is 0 Å². The van der Waals surface area contributed by atoms with Gasteiger partial charge in [-0.2, -0.15) is 5.26 Å². The minimum atomic E-state index is -0.746. The molecule has 3 atom stereocenters. The predicted molar refractivity (Wildman–Crippen MR) is 131 cm³/mol. The van der Waals surface area contributed by atoms with Gasteiger partial charge in [0.05, 0.1) is 24.4 Å². The number of methoxy groups -OCH3 is 1. The van der Waals surface area contributed by atoms with Crippen molar-refractivity contribution in [2.45, 2.75) is 64.8 Å². The Labute approximate surface area is 205 Å². The molecule has 1 aliphatic carbocycles. The molecule has 0 unspecified atom stereocenters. The first-order chi connectivity index (χ1) is 16.2. The van der Waals surface area contributed by atoms with Crippen LogP contribution >= 0.6 is 11.6 Å². The quantitative estimate of drug-likeness (QED) is 0.448. The van der Waals surface area contributed by atoms with Crippen LogP contribution in [0.5, 0.6) is 5.75 Å². The second-order valence-electron chi connectivity index (χ2n) is 9.54. The van der Waals surface area contributed by atoms with E-state index in [0.29, 0.717) is 41.2 Å². The number of amides is 1. The molecule has 1 heterocycles. The number of H-pyrrole nitrogens is 1. The van der Waals surface area contributed by atoms with Crippen LogP contribution in [-0.2, 0) is 9.59 Å². The van der Waals surface area contributed by atoms with Crippen molar-refractivity contribution in [1.29, 1.82) is 5.26 Å². The number of carbonyl (C=O) groups is 3. The van der Waals surface area contributed by atoms with Crippen molar-refractivity contribution in [3.63, 3.8) is 0 Å². The molecule has 0 radical (unpaired) electrons. The third-order valence-electron chi connectivity index (χ3n) is 6.42. The molecule has 1 aliphatic rings. The molecule has 1 fully saturated rings. The summed E-state index contributed by atoms with van der Waals surface area (Å²) in [5.41, 5.74) is 1.06. The number of fused-ring (bicyclic) bond motifs is 1. The smallest absolute Gasteiger partial charge is 0.224 e. The van der Waals surface area contributed by atoms with Gasteiger partial charge in [0.15, 0.2) is 5.78 Å². The van der Waals surface area contributed by atoms with Crippen molar-refractivity contribution in [2.24, 2.45) is 17.8 Å². The summed E-state index contributed by atoms with van der Waals surface area (Å²) in [6.45, 7) is 3.98. The molecule has 2 N–H and O–H groups in total. The van der Waals surface area contributed by atoms with E-state index in [4.69, 9.17) is 16.3 Å². The number of carbonyl (C=O) groups excluding carboxylic acids is 3. The van der Waals surface area contributed by atoms with Gasteiger partial charge in [0.2, 0.25) is 5.91 Å². The highest BCUT2D eigenvalue weighted by Gasteiger charge is 2.30. The lowest BCUT2D eigenvalue weighted by molar-refractivity contribution is -0.127. The Hall–Kier alpha value is -2.85. The van der Waals surface area contributed by atoms with Crippen LogP contribution in [0.4, 0.5) is 0 Å². The number of hydrogen-bond donors (Lipinski definition) is 2. The molecule has 1 aromatic carbocycles. The second kappa shape index (κ2) is 11.5. The van der Waals surface area contributed by atoms with Crippen LogP contribution in [0.3, 0.4) is 0 Å². The van der Waals surface area contributed by atoms with E-state index in [1.165, 1.54) is 7.11 Å². The second-order valence-corrected chi connectivity index (χ2v) is 9.98. The Bertz CT molecular complexity index is 1100. The Morgan fingerprint density at radius 3 is 2.71 bits per heavy atom. The highest BCUT2D eigenvalue weighted by Crippen LogP contribution is 2.31. The normalized spacial score (nSPS) is 17.9. The van der Waals surface area contributed by atoms with E-state index in [9.17, 15) is 19.6 Å². The Balaban J connectivity index is 1.72. The van der Waals surface area contributed by atoms with Crippen LogP contribution in [0.1, 0.15) is 69.3 Å². The summed E-state index contributed by atoms with van der Waals surface area (Å²) in [4.78, 5) is 41.5. The summed E-state index contributed by atoms with van der Waals surface area (Å²) < 4.78 is 5.36. The molecule has 34 heavy (non-hydrogen) atoms. The molecule has 0 spiro atoms. The summed E-state index contributed by atoms with van der Waals surface area (Å²) in [5.74, 6) is -0.378. The maximum atomic E-state index is 13.1. The first-order valence-corrected chi connectivity index (χ1v) is 12.2. The van der Waals surface area contributed by atoms with Gasteiger partial charge in [0.1, 0.15) is 17.6 Å². The lowest BCUT2D eigenvalue weighted by atomic mass is 9.83. The fourth-order valence-electron chi connectivity index (χ4n) is 4.70. The monoisotopic (exact) mass is 485 g/mol. The number of benzene rings is 1. The lowest BCUT2D eigenvalue weighted by Crippen LogP contribution is -2.41. The number of nitriles is 1. The minimum absolute atomic E-state index is 0.00733. The zero-order valence-corrected chi connectivity index (χ0v) is 20.7. The van der Waals surface area contributed by atoms with E-state index in [2.05, 4.69) is 16.4 Å². The molecule has 3 rings (SSSR count). The van der Waals surface area contributed by atoms with Gasteiger partial charge in [-0.15, -0.1) is 0 Å². The molecule has 182 valence electrons. The first kappa shape index (κ1) is 25.8. The third-order valence-corrected chi connectivity index (χ3v) is 6.64. The fraction of sp³-hybridized carbons (Fsp3) is 0.538. The number of halogens is 1. The number of nitrogens with one attached hydrogen (secondary N) is 2. The van der Waals surface area contributed by atoms with E-state index < -0.39 is 12.0 Å². The molecule has 0 saturated heterocycles. The molecule has 1 aromatic heterocycles. The topological polar surface area (TPSA) is 112 Å². The summed E-state index contributed by atoms with van der Waals surface area (Å²) in [5, 5.41) is 13.6. The molecular formula is C26H32ClN3O4. The Morgan fingerprint density at radius 1 is 1.29 bits per heavy atom. The molecular weight excluding hydrogens is 454 g/mol. The molecule has 2 aromatic rings. The maximum Gasteiger partial charge on any atom is 0.224 e. The predicted octanol–water partition coefficient (Wildman–Crippen LogP) is 5.22. The van der Waals surface area contributed by atoms with Crippen LogP contribution < -0.4 is 10.1 Å². The molecule has 8 heteroatoms. The van der Waals surface area contributed by atoms with E-state index in [0.717, 1.165) is 24.6 Å². The molecule has 7 nitrogen and oxygen atoms in total. The maximum absolute atomic E-state index is 13.1. The van der Waals surface area contributed by atoms with E-state index in [1.54, 1.807) is 18.2 Å². The largest absolute Gasteiger partial charge is 0.496 e. The van der Waals surface area contributed by atoms with Gasteiger partial charge < -0.3 is 15.0 Å². The Morgan fingerprint density at radius 2 is 2.06 bits per heavy atom. The fourth-order valence-corrected chi connectivity index (χ4v) is 4.91. The SMILES string of the molecule is COc1cc(Cl)cc2[nH]c(C(=O)C[C@@H](CC(C)C)C(=O)N[C@H](C#N)C[C@@H]3CCCCC3=O)cc12.